The van der Waals surface area contributed by atoms with E-state index in [1.807, 2.05) is 32.2 Å². The second-order valence-electron chi connectivity index (χ2n) is 10.0. The molecule has 0 saturated carbocycles. The number of nitrogens with zero attached hydrogens (tertiary/aromatic N) is 5. The molecule has 9 nitrogen and oxygen atoms in total. The van der Waals surface area contributed by atoms with Gasteiger partial charge in [-0.15, -0.1) is 0 Å². The van der Waals surface area contributed by atoms with Gasteiger partial charge in [-0.3, -0.25) is 14.6 Å². The van der Waals surface area contributed by atoms with Crippen LogP contribution < -0.4 is 0 Å². The summed E-state index contributed by atoms with van der Waals surface area (Å²) in [5.41, 5.74) is 6.66. The van der Waals surface area contributed by atoms with Crippen LogP contribution >= 0.6 is 0 Å². The first-order chi connectivity index (χ1) is 19.0. The number of hydrogen-bond acceptors (Lipinski definition) is 7. The summed E-state index contributed by atoms with van der Waals surface area (Å²) in [6, 6.07) is 16.3. The molecule has 1 atom stereocenters. The Morgan fingerprint density at radius 3 is 2.59 bits per heavy atom. The Kier molecular flexibility index (Phi) is 6.62. The Hall–Kier alpha value is -4.08. The highest BCUT2D eigenvalue weighted by molar-refractivity contribution is 6.06. The molecule has 1 amide bonds. The van der Waals surface area contributed by atoms with Crippen molar-refractivity contribution in [3.63, 3.8) is 0 Å². The lowest BCUT2D eigenvalue weighted by molar-refractivity contribution is -0.0760. The largest absolute Gasteiger partial charge is 0.381 e. The highest BCUT2D eigenvalue weighted by Crippen LogP contribution is 2.41. The first-order valence-corrected chi connectivity index (χ1v) is 13.2. The van der Waals surface area contributed by atoms with E-state index in [9.17, 15) is 4.79 Å². The fourth-order valence-corrected chi connectivity index (χ4v) is 5.77. The number of ether oxygens (including phenoxy) is 1. The number of aryl methyl sites for hydroxylation is 2. The zero-order valence-electron chi connectivity index (χ0n) is 22.5. The number of rotatable bonds is 6. The normalized spacial score (nSPS) is 15.2. The lowest BCUT2D eigenvalue weighted by Crippen LogP contribution is -2.28. The van der Waals surface area contributed by atoms with Crippen LogP contribution in [-0.2, 0) is 9.57 Å². The molecule has 4 aromatic heterocycles. The summed E-state index contributed by atoms with van der Waals surface area (Å²) in [6.45, 7) is 5.27. The highest BCUT2D eigenvalue weighted by atomic mass is 16.7. The van der Waals surface area contributed by atoms with Gasteiger partial charge in [0.1, 0.15) is 17.1 Å². The summed E-state index contributed by atoms with van der Waals surface area (Å²) < 4.78 is 13.5. The number of pyridine rings is 2. The number of amides is 1. The minimum absolute atomic E-state index is 0.0326. The van der Waals surface area contributed by atoms with Crippen LogP contribution in [0.25, 0.3) is 33.2 Å². The van der Waals surface area contributed by atoms with Crippen LogP contribution in [0.3, 0.4) is 0 Å². The Balaban J connectivity index is 1.67. The molecule has 0 aliphatic carbocycles. The summed E-state index contributed by atoms with van der Waals surface area (Å²) in [5, 5.41) is 6.23. The monoisotopic (exact) mass is 525 g/mol. The molecule has 0 radical (unpaired) electrons. The van der Waals surface area contributed by atoms with Gasteiger partial charge in [0.15, 0.2) is 0 Å². The molecule has 5 aromatic rings. The van der Waals surface area contributed by atoms with Gasteiger partial charge in [0, 0.05) is 43.0 Å². The fourth-order valence-electron chi connectivity index (χ4n) is 5.77. The predicted molar refractivity (Wildman–Crippen MR) is 147 cm³/mol. The van der Waals surface area contributed by atoms with Crippen LogP contribution in [0.2, 0.25) is 0 Å². The van der Waals surface area contributed by atoms with Gasteiger partial charge in [-0.05, 0) is 56.4 Å². The Labute approximate surface area is 226 Å². The highest BCUT2D eigenvalue weighted by Gasteiger charge is 2.31. The molecule has 1 aromatic carbocycles. The van der Waals surface area contributed by atoms with Gasteiger partial charge in [0.2, 0.25) is 0 Å². The molecule has 39 heavy (non-hydrogen) atoms. The van der Waals surface area contributed by atoms with Crippen molar-refractivity contribution in [2.75, 3.05) is 27.4 Å². The van der Waals surface area contributed by atoms with Gasteiger partial charge in [-0.25, -0.2) is 10.0 Å². The molecule has 5 heterocycles. The van der Waals surface area contributed by atoms with Gasteiger partial charge in [0.25, 0.3) is 5.91 Å². The molecule has 1 aliphatic rings. The maximum atomic E-state index is 13.1. The van der Waals surface area contributed by atoms with Gasteiger partial charge >= 0.3 is 0 Å². The Bertz CT molecular complexity index is 1630. The quantitative estimate of drug-likeness (QED) is 0.270. The number of fused-ring (bicyclic) bond motifs is 3. The van der Waals surface area contributed by atoms with Crippen LogP contribution in [0.15, 0.2) is 59.3 Å². The first kappa shape index (κ1) is 25.2. The zero-order chi connectivity index (χ0) is 27.1. The number of hydrogen-bond donors (Lipinski definition) is 0. The average Bonchev–Trinajstić information content (AvgIpc) is 3.48. The van der Waals surface area contributed by atoms with E-state index >= 15 is 0 Å². The lowest BCUT2D eigenvalue weighted by Gasteiger charge is -2.32. The van der Waals surface area contributed by atoms with E-state index in [4.69, 9.17) is 24.1 Å². The third-order valence-corrected chi connectivity index (χ3v) is 7.72. The Morgan fingerprint density at radius 2 is 1.90 bits per heavy atom. The molecule has 6 rings (SSSR count). The van der Waals surface area contributed by atoms with Crippen LogP contribution in [0, 0.1) is 19.8 Å². The van der Waals surface area contributed by atoms with Crippen LogP contribution in [0.5, 0.6) is 0 Å². The summed E-state index contributed by atoms with van der Waals surface area (Å²) in [5.74, 6) is 0.738. The van der Waals surface area contributed by atoms with E-state index in [0.29, 0.717) is 30.5 Å². The van der Waals surface area contributed by atoms with E-state index in [1.54, 1.807) is 13.1 Å². The third-order valence-electron chi connectivity index (χ3n) is 7.72. The van der Waals surface area contributed by atoms with E-state index in [-0.39, 0.29) is 11.9 Å². The molecular formula is C30H31N5O4. The molecule has 200 valence electrons. The molecule has 0 spiro atoms. The second-order valence-corrected chi connectivity index (χ2v) is 10.0. The maximum absolute atomic E-state index is 13.1. The summed E-state index contributed by atoms with van der Waals surface area (Å²) >= 11 is 0. The van der Waals surface area contributed by atoms with E-state index < -0.39 is 0 Å². The lowest BCUT2D eigenvalue weighted by atomic mass is 9.86. The fraction of sp³-hybridized carbons (Fsp3) is 0.333. The minimum Gasteiger partial charge on any atom is -0.381 e. The molecule has 1 unspecified atom stereocenters. The molecular weight excluding hydrogens is 494 g/mol. The van der Waals surface area contributed by atoms with Crippen molar-refractivity contribution >= 4 is 28.0 Å². The smallest absolute Gasteiger partial charge is 0.295 e. The van der Waals surface area contributed by atoms with Gasteiger partial charge < -0.3 is 13.8 Å². The third kappa shape index (κ3) is 4.37. The number of aromatic nitrogens is 4. The van der Waals surface area contributed by atoms with Crippen molar-refractivity contribution in [3.8, 4) is 11.1 Å². The second kappa shape index (κ2) is 10.2. The van der Waals surface area contributed by atoms with Gasteiger partial charge in [-0.1, -0.05) is 35.5 Å². The molecule has 0 N–H and O–H groups in total. The van der Waals surface area contributed by atoms with E-state index in [1.165, 1.54) is 17.7 Å². The number of carbonyl (C=O) groups excluding carboxylic acids is 1. The summed E-state index contributed by atoms with van der Waals surface area (Å²) in [7, 11) is 3.04. The van der Waals surface area contributed by atoms with Crippen molar-refractivity contribution in [2.24, 2.45) is 5.92 Å². The van der Waals surface area contributed by atoms with Crippen LogP contribution in [-0.4, -0.2) is 58.0 Å². The van der Waals surface area contributed by atoms with Gasteiger partial charge in [-0.2, -0.15) is 0 Å². The number of carbonyl (C=O) groups is 1. The SMILES string of the molecule is CON(C)C(=O)c1ccc2c3ncc(-c4c(C)noc4C)cc3n(C(c3ccccc3)C3CCOCC3)c2n1. The Morgan fingerprint density at radius 1 is 1.13 bits per heavy atom. The van der Waals surface area contributed by atoms with Crippen molar-refractivity contribution in [2.45, 2.75) is 32.7 Å². The van der Waals surface area contributed by atoms with Crippen LogP contribution in [0.1, 0.15) is 46.4 Å². The van der Waals surface area contributed by atoms with Crippen molar-refractivity contribution in [1.82, 2.24) is 24.8 Å². The maximum Gasteiger partial charge on any atom is 0.295 e. The topological polar surface area (TPSA) is 95.5 Å². The van der Waals surface area contributed by atoms with Crippen LogP contribution in [0.4, 0.5) is 0 Å². The molecule has 0 bridgehead atoms. The predicted octanol–water partition coefficient (Wildman–Crippen LogP) is 5.51. The molecule has 1 fully saturated rings. The first-order valence-electron chi connectivity index (χ1n) is 13.2. The summed E-state index contributed by atoms with van der Waals surface area (Å²) in [6.07, 6.45) is 3.70. The summed E-state index contributed by atoms with van der Waals surface area (Å²) in [4.78, 5) is 28.1. The van der Waals surface area contributed by atoms with Crippen molar-refractivity contribution < 1.29 is 18.9 Å². The van der Waals surface area contributed by atoms with Crippen molar-refractivity contribution in [1.29, 1.82) is 0 Å². The van der Waals surface area contributed by atoms with Crippen molar-refractivity contribution in [3.05, 3.63) is 77.4 Å². The van der Waals surface area contributed by atoms with E-state index in [0.717, 1.165) is 51.8 Å². The standard InChI is InChI=1S/C30H31N5O4/c1-18-26(19(2)39-33-18)22-16-25-27(31-17-22)23-10-11-24(30(36)34(3)37-4)32-29(23)35(25)28(20-8-6-5-7-9-20)21-12-14-38-15-13-21/h5-11,16-17,21,28H,12-15H2,1-4H3. The van der Waals surface area contributed by atoms with E-state index in [2.05, 4.69) is 40.1 Å². The van der Waals surface area contributed by atoms with Gasteiger partial charge in [0.05, 0.1) is 29.9 Å². The minimum atomic E-state index is -0.317. The molecule has 1 saturated heterocycles. The average molecular weight is 526 g/mol. The molecule has 9 heteroatoms. The zero-order valence-corrected chi connectivity index (χ0v) is 22.5. The number of hydroxylamine groups is 2. The number of benzene rings is 1. The molecule has 1 aliphatic heterocycles.